The molecule has 1 heterocycles. The monoisotopic (exact) mass is 312 g/mol. The van der Waals surface area contributed by atoms with Gasteiger partial charge in [0.1, 0.15) is 6.04 Å². The molecule has 1 aromatic rings. The lowest BCUT2D eigenvalue weighted by Crippen LogP contribution is -2.43. The minimum atomic E-state index is -1.04. The summed E-state index contributed by atoms with van der Waals surface area (Å²) in [6, 6.07) is 3.85. The summed E-state index contributed by atoms with van der Waals surface area (Å²) >= 11 is 6.06. The standard InChI is InChI=1S/C14H17ClN2O4/c1-8-3-4-11(10(15)5-8)16-14(20)17-7-9(21-2)6-12(17)13(18)19/h3-5,9,12H,6-7H2,1-2H3,(H,16,20)(H,18,19). The fourth-order valence-corrected chi connectivity index (χ4v) is 2.62. The van der Waals surface area contributed by atoms with Crippen molar-refractivity contribution < 1.29 is 19.4 Å². The van der Waals surface area contributed by atoms with Gasteiger partial charge in [0.05, 0.1) is 16.8 Å². The number of anilines is 1. The van der Waals surface area contributed by atoms with Crippen molar-refractivity contribution in [2.45, 2.75) is 25.5 Å². The van der Waals surface area contributed by atoms with Gasteiger partial charge in [-0.2, -0.15) is 0 Å². The fraction of sp³-hybridized carbons (Fsp3) is 0.429. The first-order valence-electron chi connectivity index (χ1n) is 6.51. The SMILES string of the molecule is COC1CC(C(=O)O)N(C(=O)Nc2ccc(C)cc2Cl)C1. The minimum Gasteiger partial charge on any atom is -0.480 e. The first-order valence-corrected chi connectivity index (χ1v) is 6.89. The molecule has 1 aliphatic heterocycles. The third kappa shape index (κ3) is 3.46. The maximum atomic E-state index is 12.3. The number of likely N-dealkylation sites (tertiary alicyclic amines) is 1. The molecule has 1 fully saturated rings. The Hall–Kier alpha value is -1.79. The number of amides is 2. The largest absolute Gasteiger partial charge is 0.480 e. The Morgan fingerprint density at radius 2 is 2.19 bits per heavy atom. The van der Waals surface area contributed by atoms with Crippen LogP contribution in [-0.2, 0) is 9.53 Å². The van der Waals surface area contributed by atoms with Gasteiger partial charge in [0, 0.05) is 20.1 Å². The topological polar surface area (TPSA) is 78.9 Å². The number of rotatable bonds is 3. The zero-order chi connectivity index (χ0) is 15.6. The van der Waals surface area contributed by atoms with Crippen molar-refractivity contribution in [3.8, 4) is 0 Å². The average Bonchev–Trinajstić information content (AvgIpc) is 2.86. The number of carbonyl (C=O) groups excluding carboxylic acids is 1. The van der Waals surface area contributed by atoms with Gasteiger partial charge in [-0.25, -0.2) is 9.59 Å². The molecule has 1 saturated heterocycles. The number of methoxy groups -OCH3 is 1. The van der Waals surface area contributed by atoms with Crippen LogP contribution in [0.1, 0.15) is 12.0 Å². The number of hydrogen-bond acceptors (Lipinski definition) is 3. The van der Waals surface area contributed by atoms with E-state index in [0.717, 1.165) is 5.56 Å². The van der Waals surface area contributed by atoms with Gasteiger partial charge in [-0.1, -0.05) is 17.7 Å². The van der Waals surface area contributed by atoms with Crippen LogP contribution in [0, 0.1) is 6.92 Å². The molecule has 2 atom stereocenters. The lowest BCUT2D eigenvalue weighted by atomic mass is 10.2. The Balaban J connectivity index is 2.13. The molecule has 0 aromatic heterocycles. The van der Waals surface area contributed by atoms with E-state index in [9.17, 15) is 14.7 Å². The van der Waals surface area contributed by atoms with Crippen molar-refractivity contribution in [1.29, 1.82) is 0 Å². The molecular formula is C14H17ClN2O4. The molecule has 1 aliphatic rings. The van der Waals surface area contributed by atoms with Gasteiger partial charge in [-0.05, 0) is 24.6 Å². The van der Waals surface area contributed by atoms with E-state index in [0.29, 0.717) is 10.7 Å². The van der Waals surface area contributed by atoms with Crippen LogP contribution in [0.5, 0.6) is 0 Å². The highest BCUT2D eigenvalue weighted by Crippen LogP contribution is 2.25. The Labute approximate surface area is 127 Å². The molecule has 0 aliphatic carbocycles. The molecule has 2 N–H and O–H groups in total. The summed E-state index contributed by atoms with van der Waals surface area (Å²) in [6.07, 6.45) is 0.00582. The number of carboxylic acid groups (broad SMARTS) is 1. The van der Waals surface area contributed by atoms with Crippen LogP contribution < -0.4 is 5.32 Å². The number of aliphatic carboxylic acids is 1. The Morgan fingerprint density at radius 1 is 1.48 bits per heavy atom. The molecule has 21 heavy (non-hydrogen) atoms. The number of nitrogens with zero attached hydrogens (tertiary/aromatic N) is 1. The number of ether oxygens (including phenoxy) is 1. The second kappa shape index (κ2) is 6.32. The second-order valence-corrected chi connectivity index (χ2v) is 5.42. The van der Waals surface area contributed by atoms with Crippen molar-refractivity contribution >= 4 is 29.3 Å². The van der Waals surface area contributed by atoms with Crippen LogP contribution in [0.3, 0.4) is 0 Å². The number of halogens is 1. The summed E-state index contributed by atoms with van der Waals surface area (Å²) in [5, 5.41) is 12.3. The van der Waals surface area contributed by atoms with E-state index in [1.54, 1.807) is 12.1 Å². The smallest absolute Gasteiger partial charge is 0.326 e. The zero-order valence-electron chi connectivity index (χ0n) is 11.8. The predicted molar refractivity (Wildman–Crippen MR) is 78.8 cm³/mol. The summed E-state index contributed by atoms with van der Waals surface area (Å²) in [4.78, 5) is 24.8. The molecule has 0 spiro atoms. The van der Waals surface area contributed by atoms with Crippen LogP contribution in [-0.4, -0.2) is 47.8 Å². The van der Waals surface area contributed by atoms with Crippen molar-refractivity contribution in [1.82, 2.24) is 4.90 Å². The van der Waals surface area contributed by atoms with Crippen LogP contribution in [0.4, 0.5) is 10.5 Å². The highest BCUT2D eigenvalue weighted by Gasteiger charge is 2.40. The third-order valence-electron chi connectivity index (χ3n) is 3.51. The highest BCUT2D eigenvalue weighted by molar-refractivity contribution is 6.33. The van der Waals surface area contributed by atoms with Gasteiger partial charge in [0.2, 0.25) is 0 Å². The lowest BCUT2D eigenvalue weighted by Gasteiger charge is -2.22. The molecule has 0 saturated carbocycles. The van der Waals surface area contributed by atoms with Crippen LogP contribution in [0.25, 0.3) is 0 Å². The molecule has 0 bridgehead atoms. The third-order valence-corrected chi connectivity index (χ3v) is 3.82. The average molecular weight is 313 g/mol. The maximum Gasteiger partial charge on any atom is 0.326 e. The number of urea groups is 1. The van der Waals surface area contributed by atoms with E-state index in [1.165, 1.54) is 12.0 Å². The zero-order valence-corrected chi connectivity index (χ0v) is 12.6. The quantitative estimate of drug-likeness (QED) is 0.898. The lowest BCUT2D eigenvalue weighted by molar-refractivity contribution is -0.141. The number of nitrogens with one attached hydrogen (secondary N) is 1. The van der Waals surface area contributed by atoms with E-state index < -0.39 is 18.0 Å². The molecular weight excluding hydrogens is 296 g/mol. The van der Waals surface area contributed by atoms with Gasteiger partial charge >= 0.3 is 12.0 Å². The predicted octanol–water partition coefficient (Wildman–Crippen LogP) is 2.35. The van der Waals surface area contributed by atoms with E-state index in [-0.39, 0.29) is 19.1 Å². The van der Waals surface area contributed by atoms with Crippen LogP contribution >= 0.6 is 11.6 Å². The van der Waals surface area contributed by atoms with Crippen molar-refractivity contribution in [2.75, 3.05) is 19.0 Å². The van der Waals surface area contributed by atoms with E-state index in [2.05, 4.69) is 5.32 Å². The van der Waals surface area contributed by atoms with Gasteiger partial charge < -0.3 is 20.1 Å². The molecule has 7 heteroatoms. The summed E-state index contributed by atoms with van der Waals surface area (Å²) in [6.45, 7) is 2.13. The second-order valence-electron chi connectivity index (χ2n) is 5.01. The molecule has 114 valence electrons. The number of carboxylic acids is 1. The van der Waals surface area contributed by atoms with Crippen molar-refractivity contribution in [2.24, 2.45) is 0 Å². The summed E-state index contributed by atoms with van der Waals surface area (Å²) in [7, 11) is 1.50. The van der Waals surface area contributed by atoms with Gasteiger partial charge in [0.15, 0.2) is 0 Å². The Morgan fingerprint density at radius 3 is 2.76 bits per heavy atom. The van der Waals surface area contributed by atoms with E-state index in [4.69, 9.17) is 16.3 Å². The van der Waals surface area contributed by atoms with Crippen molar-refractivity contribution in [3.63, 3.8) is 0 Å². The van der Waals surface area contributed by atoms with Gasteiger partial charge in [-0.3, -0.25) is 0 Å². The van der Waals surface area contributed by atoms with E-state index >= 15 is 0 Å². The summed E-state index contributed by atoms with van der Waals surface area (Å²) in [5.41, 5.74) is 1.43. The van der Waals surface area contributed by atoms with Gasteiger partial charge in [-0.15, -0.1) is 0 Å². The minimum absolute atomic E-state index is 0.239. The fourth-order valence-electron chi connectivity index (χ4n) is 2.34. The van der Waals surface area contributed by atoms with Crippen LogP contribution in [0.2, 0.25) is 5.02 Å². The number of carbonyl (C=O) groups is 2. The van der Waals surface area contributed by atoms with Gasteiger partial charge in [0.25, 0.3) is 0 Å². The molecule has 2 unspecified atom stereocenters. The molecule has 0 radical (unpaired) electrons. The van der Waals surface area contributed by atoms with Crippen LogP contribution in [0.15, 0.2) is 18.2 Å². The molecule has 2 amide bonds. The first kappa shape index (κ1) is 15.6. The molecule has 1 aromatic carbocycles. The highest BCUT2D eigenvalue weighted by atomic mass is 35.5. The summed E-state index contributed by atoms with van der Waals surface area (Å²) in [5.74, 6) is -1.04. The first-order chi connectivity index (χ1) is 9.92. The Bertz CT molecular complexity index is 564. The molecule has 2 rings (SSSR count). The number of hydrogen-bond donors (Lipinski definition) is 2. The summed E-state index contributed by atoms with van der Waals surface area (Å²) < 4.78 is 5.15. The van der Waals surface area contributed by atoms with Crippen molar-refractivity contribution in [3.05, 3.63) is 28.8 Å². The number of aryl methyl sites for hydroxylation is 1. The Kier molecular flexibility index (Phi) is 4.69. The van der Waals surface area contributed by atoms with E-state index in [1.807, 2.05) is 13.0 Å². The maximum absolute atomic E-state index is 12.3. The molecule has 6 nitrogen and oxygen atoms in total. The number of benzene rings is 1. The normalized spacial score (nSPS) is 21.4.